The second kappa shape index (κ2) is 9.09. The van der Waals surface area contributed by atoms with Crippen LogP contribution in [0, 0.1) is 0 Å². The van der Waals surface area contributed by atoms with Crippen molar-refractivity contribution < 1.29 is 22.8 Å². The summed E-state index contributed by atoms with van der Waals surface area (Å²) in [7, 11) is 0. The highest BCUT2D eigenvalue weighted by molar-refractivity contribution is 8.15. The molecule has 1 aliphatic heterocycles. The lowest BCUT2D eigenvalue weighted by atomic mass is 10.2. The number of aliphatic imine (C=N–C) groups is 1. The summed E-state index contributed by atoms with van der Waals surface area (Å²) >= 11 is 6.96. The normalized spacial score (nSPS) is 17.6. The Bertz CT molecular complexity index is 997. The molecule has 0 aliphatic carbocycles. The smallest absolute Gasteiger partial charge is 0.335 e. The first-order valence-corrected chi connectivity index (χ1v) is 10.2. The molecule has 1 heterocycles. The molecule has 0 saturated carbocycles. The second-order valence-electron chi connectivity index (χ2n) is 6.34. The summed E-state index contributed by atoms with van der Waals surface area (Å²) in [6.07, 6.45) is -4.53. The molecule has 3 rings (SSSR count). The summed E-state index contributed by atoms with van der Waals surface area (Å²) in [5.74, 6) is -0.809. The van der Waals surface area contributed by atoms with Crippen molar-refractivity contribution >= 4 is 51.7 Å². The first-order chi connectivity index (χ1) is 14.2. The van der Waals surface area contributed by atoms with Crippen LogP contribution in [0.4, 0.5) is 24.5 Å². The van der Waals surface area contributed by atoms with Crippen LogP contribution in [-0.4, -0.2) is 28.8 Å². The van der Waals surface area contributed by atoms with E-state index in [-0.39, 0.29) is 23.2 Å². The third-order valence-electron chi connectivity index (χ3n) is 4.17. The van der Waals surface area contributed by atoms with Gasteiger partial charge in [0.15, 0.2) is 5.17 Å². The van der Waals surface area contributed by atoms with Gasteiger partial charge in [-0.2, -0.15) is 13.2 Å². The van der Waals surface area contributed by atoms with Gasteiger partial charge in [0.2, 0.25) is 11.8 Å². The van der Waals surface area contributed by atoms with E-state index >= 15 is 0 Å². The van der Waals surface area contributed by atoms with Crippen LogP contribution in [0.15, 0.2) is 53.5 Å². The van der Waals surface area contributed by atoms with Gasteiger partial charge in [-0.1, -0.05) is 35.5 Å². The molecule has 0 radical (unpaired) electrons. The van der Waals surface area contributed by atoms with E-state index in [9.17, 15) is 22.8 Å². The maximum atomic E-state index is 12.9. The highest BCUT2D eigenvalue weighted by Crippen LogP contribution is 2.33. The van der Waals surface area contributed by atoms with Gasteiger partial charge in [-0.3, -0.25) is 14.6 Å². The highest BCUT2D eigenvalue weighted by atomic mass is 35.5. The number of nitrogens with zero attached hydrogens (tertiary/aromatic N) is 2. The number of rotatable bonds is 4. The zero-order valence-electron chi connectivity index (χ0n) is 15.7. The number of alkyl halides is 3. The standard InChI is InChI=1S/C20H17ClF3N3O2S/c1-2-25-19(26-14-7-3-5-12(9-14)20(22,23)24)30-16-11-17(28)27(18(16)29)15-8-4-6-13(21)10-15/h3-10,16H,2,11H2,1H3,(H,25,26)/t16-/m0/s1. The Morgan fingerprint density at radius 1 is 1.23 bits per heavy atom. The van der Waals surface area contributed by atoms with E-state index in [2.05, 4.69) is 10.3 Å². The van der Waals surface area contributed by atoms with Crippen LogP contribution in [-0.2, 0) is 15.8 Å². The van der Waals surface area contributed by atoms with Gasteiger partial charge >= 0.3 is 6.18 Å². The number of carbonyl (C=O) groups excluding carboxylic acids is 2. The molecular weight excluding hydrogens is 439 g/mol. The van der Waals surface area contributed by atoms with Gasteiger partial charge in [0.25, 0.3) is 0 Å². The van der Waals surface area contributed by atoms with Gasteiger partial charge in [-0.05, 0) is 43.3 Å². The van der Waals surface area contributed by atoms with Crippen LogP contribution in [0.5, 0.6) is 0 Å². The van der Waals surface area contributed by atoms with Crippen molar-refractivity contribution in [1.29, 1.82) is 0 Å². The Labute approximate surface area is 180 Å². The molecule has 1 N–H and O–H groups in total. The Kier molecular flexibility index (Phi) is 6.72. The van der Waals surface area contributed by atoms with Crippen molar-refractivity contribution in [2.24, 2.45) is 4.99 Å². The summed E-state index contributed by atoms with van der Waals surface area (Å²) in [6.45, 7) is 2.11. The number of halogens is 4. The van der Waals surface area contributed by atoms with Crippen LogP contribution >= 0.6 is 23.4 Å². The number of amides is 2. The molecule has 10 heteroatoms. The van der Waals surface area contributed by atoms with E-state index in [0.717, 1.165) is 28.8 Å². The van der Waals surface area contributed by atoms with Gasteiger partial charge in [-0.15, -0.1) is 0 Å². The highest BCUT2D eigenvalue weighted by Gasteiger charge is 2.41. The number of imide groups is 1. The van der Waals surface area contributed by atoms with E-state index in [4.69, 9.17) is 11.6 Å². The number of thioether (sulfide) groups is 1. The lowest BCUT2D eigenvalue weighted by Crippen LogP contribution is -2.31. The van der Waals surface area contributed by atoms with Crippen molar-refractivity contribution in [3.63, 3.8) is 0 Å². The summed E-state index contributed by atoms with van der Waals surface area (Å²) in [5, 5.41) is 2.73. The Balaban J connectivity index is 1.77. The van der Waals surface area contributed by atoms with Gasteiger partial charge in [0.1, 0.15) is 5.25 Å². The van der Waals surface area contributed by atoms with Crippen molar-refractivity contribution in [1.82, 2.24) is 0 Å². The Morgan fingerprint density at radius 2 is 1.97 bits per heavy atom. The van der Waals surface area contributed by atoms with Gasteiger partial charge in [-0.25, -0.2) is 4.90 Å². The van der Waals surface area contributed by atoms with Crippen LogP contribution in [0.25, 0.3) is 0 Å². The molecule has 30 heavy (non-hydrogen) atoms. The van der Waals surface area contributed by atoms with E-state index in [1.165, 1.54) is 18.2 Å². The molecule has 2 aromatic carbocycles. The molecule has 0 bridgehead atoms. The predicted molar refractivity (Wildman–Crippen MR) is 113 cm³/mol. The van der Waals surface area contributed by atoms with Crippen molar-refractivity contribution in [3.05, 3.63) is 59.1 Å². The summed E-state index contributed by atoms with van der Waals surface area (Å²) < 4.78 is 38.8. The Hall–Kier alpha value is -2.52. The van der Waals surface area contributed by atoms with Crippen molar-refractivity contribution in [2.75, 3.05) is 16.8 Å². The lowest BCUT2D eigenvalue weighted by molar-refractivity contribution is -0.137. The number of hydrogen-bond acceptors (Lipinski definition) is 4. The van der Waals surface area contributed by atoms with Gasteiger partial charge in [0, 0.05) is 23.7 Å². The fraction of sp³-hybridized carbons (Fsp3) is 0.250. The minimum absolute atomic E-state index is 0.0526. The minimum atomic E-state index is -4.47. The van der Waals surface area contributed by atoms with Crippen LogP contribution in [0.1, 0.15) is 18.9 Å². The van der Waals surface area contributed by atoms with Crippen molar-refractivity contribution in [3.8, 4) is 0 Å². The SMILES string of the molecule is CCN=C(Nc1cccc(C(F)(F)F)c1)S[C@H]1CC(=O)N(c2cccc(Cl)c2)C1=O. The quantitative estimate of drug-likeness (QED) is 0.390. The van der Waals surface area contributed by atoms with E-state index in [1.807, 2.05) is 0 Å². The maximum absolute atomic E-state index is 12.9. The zero-order valence-corrected chi connectivity index (χ0v) is 17.3. The van der Waals surface area contributed by atoms with E-state index in [1.54, 1.807) is 25.1 Å². The molecule has 1 atom stereocenters. The second-order valence-corrected chi connectivity index (χ2v) is 7.97. The first kappa shape index (κ1) is 22.2. The summed E-state index contributed by atoms with van der Waals surface area (Å²) in [4.78, 5) is 30.5. The topological polar surface area (TPSA) is 61.8 Å². The van der Waals surface area contributed by atoms with Crippen LogP contribution in [0.3, 0.4) is 0 Å². The molecule has 1 aliphatic rings. The van der Waals surface area contributed by atoms with Crippen LogP contribution in [0.2, 0.25) is 5.02 Å². The van der Waals surface area contributed by atoms with E-state index < -0.39 is 22.9 Å². The molecule has 2 amide bonds. The molecule has 0 spiro atoms. The third-order valence-corrected chi connectivity index (χ3v) is 5.51. The number of anilines is 2. The molecule has 0 aromatic heterocycles. The number of nitrogens with one attached hydrogen (secondary N) is 1. The zero-order chi connectivity index (χ0) is 21.9. The fourth-order valence-electron chi connectivity index (χ4n) is 2.86. The maximum Gasteiger partial charge on any atom is 0.416 e. The molecule has 2 aromatic rings. The average molecular weight is 456 g/mol. The summed E-state index contributed by atoms with van der Waals surface area (Å²) in [5.41, 5.74) is -0.235. The van der Waals surface area contributed by atoms with Crippen molar-refractivity contribution in [2.45, 2.75) is 24.8 Å². The molecule has 1 fully saturated rings. The van der Waals surface area contributed by atoms with Crippen LogP contribution < -0.4 is 10.2 Å². The predicted octanol–water partition coefficient (Wildman–Crippen LogP) is 5.21. The molecule has 158 valence electrons. The van der Waals surface area contributed by atoms with E-state index in [0.29, 0.717) is 17.3 Å². The third kappa shape index (κ3) is 5.14. The number of carbonyl (C=O) groups is 2. The molecule has 0 unspecified atom stereocenters. The Morgan fingerprint density at radius 3 is 2.63 bits per heavy atom. The lowest BCUT2D eigenvalue weighted by Gasteiger charge is -2.16. The first-order valence-electron chi connectivity index (χ1n) is 8.96. The van der Waals surface area contributed by atoms with Gasteiger partial charge < -0.3 is 5.32 Å². The number of benzene rings is 2. The van der Waals surface area contributed by atoms with Gasteiger partial charge in [0.05, 0.1) is 11.3 Å². The summed E-state index contributed by atoms with van der Waals surface area (Å²) in [6, 6.07) is 11.1. The minimum Gasteiger partial charge on any atom is -0.335 e. The number of amidine groups is 1. The molecule has 1 saturated heterocycles. The largest absolute Gasteiger partial charge is 0.416 e. The average Bonchev–Trinajstić information content (AvgIpc) is 2.94. The monoisotopic (exact) mass is 455 g/mol. The number of hydrogen-bond donors (Lipinski definition) is 1. The molecule has 5 nitrogen and oxygen atoms in total. The fourth-order valence-corrected chi connectivity index (χ4v) is 4.13. The molecular formula is C20H17ClF3N3O2S.